The van der Waals surface area contributed by atoms with Gasteiger partial charge < -0.3 is 14.2 Å². The van der Waals surface area contributed by atoms with Crippen LogP contribution in [0.1, 0.15) is 66.2 Å². The maximum absolute atomic E-state index is 13.1. The topological polar surface area (TPSA) is 88.1 Å². The van der Waals surface area contributed by atoms with Crippen LogP contribution in [0.25, 0.3) is 0 Å². The highest BCUT2D eigenvalue weighted by Gasteiger charge is 2.71. The molecule has 7 heteroatoms. The summed E-state index contributed by atoms with van der Waals surface area (Å²) in [4.78, 5) is 37.6. The van der Waals surface area contributed by atoms with E-state index in [0.29, 0.717) is 18.4 Å². The normalized spacial score (nSPS) is 36.7. The van der Waals surface area contributed by atoms with Crippen molar-refractivity contribution in [2.45, 2.75) is 84.9 Å². The van der Waals surface area contributed by atoms with E-state index in [4.69, 9.17) is 18.9 Å². The van der Waals surface area contributed by atoms with E-state index in [2.05, 4.69) is 27.0 Å². The number of rotatable bonds is 9. The summed E-state index contributed by atoms with van der Waals surface area (Å²) in [5.41, 5.74) is 0.208. The minimum absolute atomic E-state index is 0.0584. The van der Waals surface area contributed by atoms with Gasteiger partial charge in [0.2, 0.25) is 12.6 Å². The number of ether oxygens (including phenoxy) is 4. The number of esters is 2. The van der Waals surface area contributed by atoms with E-state index in [-0.39, 0.29) is 42.0 Å². The molecule has 2 fully saturated rings. The first-order valence-corrected chi connectivity index (χ1v) is 12.1. The van der Waals surface area contributed by atoms with Gasteiger partial charge in [-0.05, 0) is 49.0 Å². The van der Waals surface area contributed by atoms with Gasteiger partial charge in [0.25, 0.3) is 0 Å². The van der Waals surface area contributed by atoms with Crippen LogP contribution in [-0.4, -0.2) is 43.5 Å². The Labute approximate surface area is 202 Å². The van der Waals surface area contributed by atoms with Gasteiger partial charge >= 0.3 is 11.9 Å². The lowest BCUT2D eigenvalue weighted by atomic mass is 9.45. The number of hydrogen-bond acceptors (Lipinski definition) is 7. The number of ketones is 1. The zero-order valence-corrected chi connectivity index (χ0v) is 21.1. The molecule has 7 nitrogen and oxygen atoms in total. The van der Waals surface area contributed by atoms with Gasteiger partial charge in [0.1, 0.15) is 0 Å². The summed E-state index contributed by atoms with van der Waals surface area (Å²) in [6.45, 7) is 15.5. The molecule has 34 heavy (non-hydrogen) atoms. The maximum Gasteiger partial charge on any atom is 0.308 e. The molecule has 188 valence electrons. The molecule has 1 spiro atoms. The second-order valence-electron chi connectivity index (χ2n) is 10.1. The van der Waals surface area contributed by atoms with Gasteiger partial charge in [-0.1, -0.05) is 45.6 Å². The zero-order chi connectivity index (χ0) is 25.3. The first-order valence-electron chi connectivity index (χ1n) is 12.1. The van der Waals surface area contributed by atoms with Crippen LogP contribution in [0.4, 0.5) is 0 Å². The van der Waals surface area contributed by atoms with E-state index in [0.717, 1.165) is 18.4 Å². The highest BCUT2D eigenvalue weighted by atomic mass is 16.8. The van der Waals surface area contributed by atoms with Gasteiger partial charge in [-0.15, -0.1) is 0 Å². The predicted molar refractivity (Wildman–Crippen MR) is 126 cm³/mol. The standard InChI is InChI=1S/C27H38O7/c1-8-10-23(30)33-24-20-14-19(29)15-21-26(6,12-11-16(3)9-2)17(4)13-22(31-7)27(20,21)25(34-24)32-18(5)28/h9,14,17,21-22,24-25H,2-3,8,10-13,15H2,1,4-7H3/t17-,21+,22+,24+,25-,26-,27-/m1/s1. The van der Waals surface area contributed by atoms with Gasteiger partial charge in [0.15, 0.2) is 5.78 Å². The smallest absolute Gasteiger partial charge is 0.308 e. The first-order chi connectivity index (χ1) is 16.0. The molecule has 1 aliphatic heterocycles. The summed E-state index contributed by atoms with van der Waals surface area (Å²) in [7, 11) is 1.63. The lowest BCUT2D eigenvalue weighted by Gasteiger charge is -2.60. The van der Waals surface area contributed by atoms with Gasteiger partial charge in [-0.3, -0.25) is 19.1 Å². The Morgan fingerprint density at radius 2 is 2.00 bits per heavy atom. The molecular formula is C27H38O7. The molecule has 0 radical (unpaired) electrons. The van der Waals surface area contributed by atoms with Crippen LogP contribution in [0.3, 0.4) is 0 Å². The molecule has 0 amide bonds. The highest BCUT2D eigenvalue weighted by molar-refractivity contribution is 5.92. The molecule has 1 saturated heterocycles. The molecule has 0 bridgehead atoms. The van der Waals surface area contributed by atoms with E-state index in [1.54, 1.807) is 13.2 Å². The van der Waals surface area contributed by atoms with E-state index >= 15 is 0 Å². The van der Waals surface area contributed by atoms with Crippen molar-refractivity contribution in [1.29, 1.82) is 0 Å². The summed E-state index contributed by atoms with van der Waals surface area (Å²) in [6.07, 6.45) is 4.04. The highest BCUT2D eigenvalue weighted by Crippen LogP contribution is 2.67. The third-order valence-corrected chi connectivity index (χ3v) is 8.24. The Hall–Kier alpha value is -2.25. The lowest BCUT2D eigenvalue weighted by Crippen LogP contribution is -2.63. The van der Waals surface area contributed by atoms with E-state index in [9.17, 15) is 14.4 Å². The Bertz CT molecular complexity index is 889. The minimum Gasteiger partial charge on any atom is -0.435 e. The molecule has 2 aliphatic carbocycles. The fraction of sp³-hybridized carbons (Fsp3) is 0.667. The number of carbonyl (C=O) groups is 3. The van der Waals surface area contributed by atoms with Crippen molar-refractivity contribution in [2.24, 2.45) is 22.7 Å². The van der Waals surface area contributed by atoms with Crippen molar-refractivity contribution in [3.8, 4) is 0 Å². The number of carbonyl (C=O) groups excluding carboxylic acids is 3. The number of methoxy groups -OCH3 is 1. The van der Waals surface area contributed by atoms with Crippen molar-refractivity contribution in [2.75, 3.05) is 7.11 Å². The quantitative estimate of drug-likeness (QED) is 0.355. The predicted octanol–water partition coefficient (Wildman–Crippen LogP) is 4.66. The van der Waals surface area contributed by atoms with Crippen LogP contribution in [0.15, 0.2) is 36.5 Å². The summed E-state index contributed by atoms with van der Waals surface area (Å²) >= 11 is 0. The molecule has 3 aliphatic rings. The summed E-state index contributed by atoms with van der Waals surface area (Å²) in [6, 6.07) is 0. The monoisotopic (exact) mass is 474 g/mol. The van der Waals surface area contributed by atoms with Crippen LogP contribution in [0, 0.1) is 22.7 Å². The average molecular weight is 475 g/mol. The van der Waals surface area contributed by atoms with Crippen molar-refractivity contribution < 1.29 is 33.3 Å². The molecule has 1 heterocycles. The second-order valence-corrected chi connectivity index (χ2v) is 10.1. The van der Waals surface area contributed by atoms with E-state index < -0.39 is 29.9 Å². The summed E-state index contributed by atoms with van der Waals surface area (Å²) in [5.74, 6) is -1.04. The first kappa shape index (κ1) is 26.4. The minimum atomic E-state index is -1.10. The lowest BCUT2D eigenvalue weighted by molar-refractivity contribution is -0.255. The van der Waals surface area contributed by atoms with E-state index in [1.165, 1.54) is 13.0 Å². The third-order valence-electron chi connectivity index (χ3n) is 8.24. The Morgan fingerprint density at radius 1 is 1.29 bits per heavy atom. The van der Waals surface area contributed by atoms with Crippen molar-refractivity contribution in [3.05, 3.63) is 36.5 Å². The molecule has 0 aromatic rings. The second kappa shape index (κ2) is 10.2. The molecule has 0 unspecified atom stereocenters. The molecule has 0 N–H and O–H groups in total. The average Bonchev–Trinajstić information content (AvgIpc) is 3.06. The van der Waals surface area contributed by atoms with Gasteiger partial charge in [0, 0.05) is 32.4 Å². The van der Waals surface area contributed by atoms with E-state index in [1.807, 2.05) is 6.92 Å². The number of hydrogen-bond donors (Lipinski definition) is 0. The maximum atomic E-state index is 13.1. The van der Waals surface area contributed by atoms with Gasteiger partial charge in [0.05, 0.1) is 11.5 Å². The van der Waals surface area contributed by atoms with Crippen LogP contribution in [-0.2, 0) is 33.3 Å². The third kappa shape index (κ3) is 4.40. The summed E-state index contributed by atoms with van der Waals surface area (Å²) < 4.78 is 23.6. The van der Waals surface area contributed by atoms with Crippen molar-refractivity contribution in [3.63, 3.8) is 0 Å². The fourth-order valence-corrected chi connectivity index (χ4v) is 6.26. The fourth-order valence-electron chi connectivity index (χ4n) is 6.26. The van der Waals surface area contributed by atoms with Gasteiger partial charge in [-0.25, -0.2) is 0 Å². The molecule has 7 atom stereocenters. The SMILES string of the molecule is C=CC(=C)CC[C@]1(C)[C@H](C)C[C@H](OC)[C@@]23C(=CC(=O)C[C@@H]12)[C@@H](OC(=O)CCC)O[C@H]3OC(C)=O. The zero-order valence-electron chi connectivity index (χ0n) is 21.1. The van der Waals surface area contributed by atoms with Crippen molar-refractivity contribution in [1.82, 2.24) is 0 Å². The molecular weight excluding hydrogens is 436 g/mol. The Balaban J connectivity index is 2.16. The molecule has 1 saturated carbocycles. The van der Waals surface area contributed by atoms with Crippen LogP contribution in [0.5, 0.6) is 0 Å². The van der Waals surface area contributed by atoms with Crippen molar-refractivity contribution >= 4 is 17.7 Å². The van der Waals surface area contributed by atoms with Crippen LogP contribution in [0.2, 0.25) is 0 Å². The largest absolute Gasteiger partial charge is 0.435 e. The molecule has 3 rings (SSSR count). The molecule has 0 aromatic heterocycles. The molecule has 0 aromatic carbocycles. The Morgan fingerprint density at radius 3 is 2.59 bits per heavy atom. The van der Waals surface area contributed by atoms with Crippen LogP contribution < -0.4 is 0 Å². The van der Waals surface area contributed by atoms with Crippen LogP contribution >= 0.6 is 0 Å². The number of allylic oxidation sites excluding steroid dienone is 3. The van der Waals surface area contributed by atoms with Gasteiger partial charge in [-0.2, -0.15) is 0 Å². The Kier molecular flexibility index (Phi) is 7.88. The summed E-state index contributed by atoms with van der Waals surface area (Å²) in [5, 5.41) is 0.